The van der Waals surface area contributed by atoms with Crippen LogP contribution in [0.4, 0.5) is 10.5 Å². The van der Waals surface area contributed by atoms with E-state index in [-0.39, 0.29) is 11.8 Å². The number of nitrogens with zero attached hydrogens (tertiary/aromatic N) is 1. The summed E-state index contributed by atoms with van der Waals surface area (Å²) in [6.07, 6.45) is 4.04. The zero-order chi connectivity index (χ0) is 14.4. The van der Waals surface area contributed by atoms with E-state index in [0.717, 1.165) is 5.82 Å². The molecule has 2 aromatic rings. The number of aromatic nitrogens is 2. The van der Waals surface area contributed by atoms with Crippen molar-refractivity contribution in [2.24, 2.45) is 0 Å². The van der Waals surface area contributed by atoms with E-state index in [0.29, 0.717) is 24.2 Å². The second-order valence-electron chi connectivity index (χ2n) is 4.30. The Bertz CT molecular complexity index is 593. The van der Waals surface area contributed by atoms with E-state index in [1.54, 1.807) is 36.7 Å². The summed E-state index contributed by atoms with van der Waals surface area (Å²) in [5, 5.41) is 5.41. The molecule has 1 aromatic carbocycles. The summed E-state index contributed by atoms with van der Waals surface area (Å²) < 4.78 is 0. The quantitative estimate of drug-likeness (QED) is 0.727. The number of ketones is 1. The first-order valence-electron chi connectivity index (χ1n) is 6.29. The average molecular weight is 272 g/mol. The fraction of sp³-hybridized carbons (Fsp3) is 0.214. The number of benzene rings is 1. The van der Waals surface area contributed by atoms with Gasteiger partial charge in [0.05, 0.1) is 0 Å². The topological polar surface area (TPSA) is 86.9 Å². The van der Waals surface area contributed by atoms with Gasteiger partial charge in [-0.3, -0.25) is 4.79 Å². The molecule has 2 rings (SSSR count). The van der Waals surface area contributed by atoms with Crippen LogP contribution < -0.4 is 10.6 Å². The first kappa shape index (κ1) is 13.8. The number of nitrogens with one attached hydrogen (secondary N) is 3. The lowest BCUT2D eigenvalue weighted by atomic mass is 10.1. The van der Waals surface area contributed by atoms with Crippen molar-refractivity contribution in [2.45, 2.75) is 13.3 Å². The number of carbonyl (C=O) groups is 2. The van der Waals surface area contributed by atoms with Crippen LogP contribution in [0, 0.1) is 0 Å². The van der Waals surface area contributed by atoms with Crippen LogP contribution in [-0.2, 0) is 6.42 Å². The molecule has 0 unspecified atom stereocenters. The van der Waals surface area contributed by atoms with Crippen LogP contribution in [0.15, 0.2) is 36.7 Å². The molecule has 6 heteroatoms. The molecule has 0 saturated heterocycles. The number of Topliss-reactive ketones (excluding diaryl/α,β-unsaturated/α-hetero) is 1. The van der Waals surface area contributed by atoms with Crippen LogP contribution in [0.2, 0.25) is 0 Å². The summed E-state index contributed by atoms with van der Waals surface area (Å²) in [5.41, 5.74) is 1.16. The molecular weight excluding hydrogens is 256 g/mol. The molecule has 20 heavy (non-hydrogen) atoms. The number of imidazole rings is 1. The normalized spacial score (nSPS) is 10.1. The third-order valence-corrected chi connectivity index (χ3v) is 2.73. The molecule has 0 bridgehead atoms. The highest BCUT2D eigenvalue weighted by Crippen LogP contribution is 2.10. The first-order valence-corrected chi connectivity index (χ1v) is 6.29. The zero-order valence-corrected chi connectivity index (χ0v) is 11.1. The summed E-state index contributed by atoms with van der Waals surface area (Å²) in [4.78, 5) is 30.0. The largest absolute Gasteiger partial charge is 0.349 e. The number of amides is 2. The first-order chi connectivity index (χ1) is 9.65. The maximum Gasteiger partial charge on any atom is 0.319 e. The van der Waals surface area contributed by atoms with Gasteiger partial charge in [0.2, 0.25) is 0 Å². The van der Waals surface area contributed by atoms with Crippen LogP contribution in [0.3, 0.4) is 0 Å². The number of aromatic amines is 1. The Balaban J connectivity index is 1.82. The Morgan fingerprint density at radius 2 is 2.20 bits per heavy atom. The molecule has 2 amide bonds. The van der Waals surface area contributed by atoms with Crippen LogP contribution in [0.25, 0.3) is 0 Å². The molecule has 104 valence electrons. The predicted molar refractivity (Wildman–Crippen MR) is 75.8 cm³/mol. The third-order valence-electron chi connectivity index (χ3n) is 2.73. The van der Waals surface area contributed by atoms with Gasteiger partial charge in [-0.25, -0.2) is 9.78 Å². The molecule has 0 spiro atoms. The van der Waals surface area contributed by atoms with Gasteiger partial charge in [-0.15, -0.1) is 0 Å². The van der Waals surface area contributed by atoms with Gasteiger partial charge in [0, 0.05) is 36.6 Å². The Morgan fingerprint density at radius 3 is 2.90 bits per heavy atom. The number of urea groups is 1. The van der Waals surface area contributed by atoms with Crippen molar-refractivity contribution in [3.63, 3.8) is 0 Å². The number of anilines is 1. The maximum absolute atomic E-state index is 11.7. The molecule has 0 saturated carbocycles. The minimum absolute atomic E-state index is 0.0353. The standard InChI is InChI=1S/C14H16N4O2/c1-10(19)11-3-2-4-12(9-11)18-14(20)17-6-5-13-15-7-8-16-13/h2-4,7-9H,5-6H2,1H3,(H,15,16)(H2,17,18,20). The fourth-order valence-electron chi connectivity index (χ4n) is 1.72. The minimum Gasteiger partial charge on any atom is -0.349 e. The smallest absolute Gasteiger partial charge is 0.319 e. The Morgan fingerprint density at radius 1 is 1.35 bits per heavy atom. The van der Waals surface area contributed by atoms with Gasteiger partial charge in [-0.05, 0) is 19.1 Å². The summed E-state index contributed by atoms with van der Waals surface area (Å²) in [5.74, 6) is 0.788. The van der Waals surface area contributed by atoms with E-state index < -0.39 is 0 Å². The molecule has 6 nitrogen and oxygen atoms in total. The van der Waals surface area contributed by atoms with Crippen LogP contribution in [0.5, 0.6) is 0 Å². The van der Waals surface area contributed by atoms with Gasteiger partial charge in [0.1, 0.15) is 5.82 Å². The van der Waals surface area contributed by atoms with E-state index in [1.807, 2.05) is 0 Å². The molecule has 1 heterocycles. The minimum atomic E-state index is -0.308. The van der Waals surface area contributed by atoms with Crippen LogP contribution in [0.1, 0.15) is 23.1 Å². The summed E-state index contributed by atoms with van der Waals surface area (Å²) in [7, 11) is 0. The second kappa shape index (κ2) is 6.51. The lowest BCUT2D eigenvalue weighted by Gasteiger charge is -2.07. The van der Waals surface area contributed by atoms with Crippen molar-refractivity contribution in [3.05, 3.63) is 48.0 Å². The number of rotatable bonds is 5. The van der Waals surface area contributed by atoms with Crippen LogP contribution >= 0.6 is 0 Å². The maximum atomic E-state index is 11.7. The van der Waals surface area contributed by atoms with E-state index in [4.69, 9.17) is 0 Å². The molecule has 0 radical (unpaired) electrons. The number of H-pyrrole nitrogens is 1. The van der Waals surface area contributed by atoms with Gasteiger partial charge in [-0.1, -0.05) is 12.1 Å². The van der Waals surface area contributed by atoms with E-state index in [2.05, 4.69) is 20.6 Å². The lowest BCUT2D eigenvalue weighted by molar-refractivity contribution is 0.101. The van der Waals surface area contributed by atoms with Gasteiger partial charge < -0.3 is 15.6 Å². The average Bonchev–Trinajstić information content (AvgIpc) is 2.92. The van der Waals surface area contributed by atoms with Gasteiger partial charge in [-0.2, -0.15) is 0 Å². The molecule has 0 atom stereocenters. The third kappa shape index (κ3) is 3.94. The zero-order valence-electron chi connectivity index (χ0n) is 11.1. The van der Waals surface area contributed by atoms with Crippen molar-refractivity contribution < 1.29 is 9.59 Å². The molecular formula is C14H16N4O2. The highest BCUT2D eigenvalue weighted by Gasteiger charge is 2.04. The van der Waals surface area contributed by atoms with Gasteiger partial charge in [0.25, 0.3) is 0 Å². The molecule has 0 aliphatic heterocycles. The lowest BCUT2D eigenvalue weighted by Crippen LogP contribution is -2.30. The number of carbonyl (C=O) groups excluding carboxylic acids is 2. The Kier molecular flexibility index (Phi) is 4.49. The van der Waals surface area contributed by atoms with Crippen molar-refractivity contribution in [1.82, 2.24) is 15.3 Å². The van der Waals surface area contributed by atoms with E-state index in [9.17, 15) is 9.59 Å². The van der Waals surface area contributed by atoms with Crippen molar-refractivity contribution in [2.75, 3.05) is 11.9 Å². The predicted octanol–water partition coefficient (Wildman–Crippen LogP) is 1.98. The van der Waals surface area contributed by atoms with E-state index >= 15 is 0 Å². The molecule has 3 N–H and O–H groups in total. The van der Waals surface area contributed by atoms with Gasteiger partial charge >= 0.3 is 6.03 Å². The molecule has 0 aliphatic carbocycles. The summed E-state index contributed by atoms with van der Waals surface area (Å²) in [6.45, 7) is 1.97. The van der Waals surface area contributed by atoms with Crippen molar-refractivity contribution in [3.8, 4) is 0 Å². The van der Waals surface area contributed by atoms with Crippen molar-refractivity contribution >= 4 is 17.5 Å². The summed E-state index contributed by atoms with van der Waals surface area (Å²) >= 11 is 0. The molecule has 0 fully saturated rings. The molecule has 1 aromatic heterocycles. The highest BCUT2D eigenvalue weighted by molar-refractivity contribution is 5.96. The summed E-state index contributed by atoms with van der Waals surface area (Å²) in [6, 6.07) is 6.52. The van der Waals surface area contributed by atoms with Crippen molar-refractivity contribution in [1.29, 1.82) is 0 Å². The molecule has 0 aliphatic rings. The Hall–Kier alpha value is -2.63. The van der Waals surface area contributed by atoms with Crippen LogP contribution in [-0.4, -0.2) is 28.3 Å². The SMILES string of the molecule is CC(=O)c1cccc(NC(=O)NCCc2ncc[nH]2)c1. The fourth-order valence-corrected chi connectivity index (χ4v) is 1.72. The number of hydrogen-bond acceptors (Lipinski definition) is 3. The number of hydrogen-bond donors (Lipinski definition) is 3. The second-order valence-corrected chi connectivity index (χ2v) is 4.30. The Labute approximate surface area is 116 Å². The highest BCUT2D eigenvalue weighted by atomic mass is 16.2. The monoisotopic (exact) mass is 272 g/mol. The van der Waals surface area contributed by atoms with E-state index in [1.165, 1.54) is 6.92 Å². The van der Waals surface area contributed by atoms with Gasteiger partial charge in [0.15, 0.2) is 5.78 Å².